The van der Waals surface area contributed by atoms with Crippen molar-refractivity contribution in [2.24, 2.45) is 15.9 Å². The highest BCUT2D eigenvalue weighted by atomic mass is 19.1. The second-order valence-electron chi connectivity index (χ2n) is 6.72. The van der Waals surface area contributed by atoms with Gasteiger partial charge in [-0.3, -0.25) is 9.98 Å². The van der Waals surface area contributed by atoms with Gasteiger partial charge in [0.05, 0.1) is 42.4 Å². The van der Waals surface area contributed by atoms with Crippen molar-refractivity contribution in [1.29, 1.82) is 5.26 Å². The number of nitriles is 1. The Morgan fingerprint density at radius 1 is 1.19 bits per heavy atom. The summed E-state index contributed by atoms with van der Waals surface area (Å²) in [6.45, 7) is 2.35. The van der Waals surface area contributed by atoms with E-state index in [0.717, 1.165) is 5.69 Å². The van der Waals surface area contributed by atoms with Crippen LogP contribution in [0.15, 0.2) is 46.5 Å². The van der Waals surface area contributed by atoms with E-state index in [4.69, 9.17) is 16.3 Å². The number of halogens is 1. The fraction of sp³-hybridized carbons (Fsp3) is 0.182. The fourth-order valence-electron chi connectivity index (χ4n) is 2.98. The van der Waals surface area contributed by atoms with Crippen LogP contribution in [0, 0.1) is 24.1 Å². The average molecular weight is 432 g/mol. The number of aromatic nitrogens is 3. The molecule has 2 aromatic heterocycles. The van der Waals surface area contributed by atoms with Crippen molar-refractivity contribution in [3.05, 3.63) is 70.4 Å². The third kappa shape index (κ3) is 4.91. The average Bonchev–Trinajstić information content (AvgIpc) is 2.79. The molecule has 0 aliphatic carbocycles. The summed E-state index contributed by atoms with van der Waals surface area (Å²) >= 11 is 0. The summed E-state index contributed by atoms with van der Waals surface area (Å²) in [5.41, 5.74) is 8.68. The van der Waals surface area contributed by atoms with Crippen molar-refractivity contribution < 1.29 is 9.13 Å². The molecule has 2 heterocycles. The number of nitrogen functional groups attached to an aromatic ring is 1. The first-order valence-electron chi connectivity index (χ1n) is 9.53. The number of hydrogen-bond donors (Lipinski definition) is 2. The molecule has 4 N–H and O–H groups in total. The van der Waals surface area contributed by atoms with Gasteiger partial charge in [0.25, 0.3) is 0 Å². The Balaban J connectivity index is 1.93. The largest absolute Gasteiger partial charge is 0.381 e. The highest BCUT2D eigenvalue weighted by Gasteiger charge is 2.19. The molecule has 0 aliphatic heterocycles. The van der Waals surface area contributed by atoms with E-state index in [9.17, 15) is 9.65 Å². The number of hydrogen-bond acceptors (Lipinski definition) is 9. The van der Waals surface area contributed by atoms with Crippen LogP contribution in [0.3, 0.4) is 0 Å². The van der Waals surface area contributed by atoms with Gasteiger partial charge in [-0.1, -0.05) is 18.2 Å². The van der Waals surface area contributed by atoms with Crippen molar-refractivity contribution in [3.8, 4) is 17.5 Å². The van der Waals surface area contributed by atoms with Crippen molar-refractivity contribution in [2.75, 3.05) is 12.8 Å². The molecule has 0 bridgehead atoms. The van der Waals surface area contributed by atoms with E-state index in [1.807, 2.05) is 18.2 Å². The fourth-order valence-corrected chi connectivity index (χ4v) is 2.98. The molecule has 0 fully saturated rings. The Hall–Kier alpha value is -4.23. The lowest BCUT2D eigenvalue weighted by molar-refractivity contribution is 0.181. The standard InChI is InChI=1S/C22H21FN8O/c1-13-14(9-24)5-3-8-17(13)22-29-20(19(23)21(25)30-22)18(31-26)11-27-10-15-6-4-7-16(28-15)12-32-2/h3-8,11H,10,12,26H2,1-2H3,(H2,25,29,30). The minimum atomic E-state index is -0.862. The third-order valence-electron chi connectivity index (χ3n) is 4.58. The van der Waals surface area contributed by atoms with Crippen LogP contribution in [0.2, 0.25) is 0 Å². The van der Waals surface area contributed by atoms with Crippen LogP contribution in [-0.4, -0.2) is 34.0 Å². The zero-order valence-electron chi connectivity index (χ0n) is 17.6. The molecule has 0 radical (unpaired) electrons. The van der Waals surface area contributed by atoms with Gasteiger partial charge in [-0.05, 0) is 30.7 Å². The van der Waals surface area contributed by atoms with E-state index in [1.165, 1.54) is 6.21 Å². The molecule has 3 aromatic rings. The molecule has 0 saturated carbocycles. The molecule has 1 aromatic carbocycles. The molecule has 0 atom stereocenters. The Labute approximate surface area is 184 Å². The Bertz CT molecular complexity index is 1230. The number of methoxy groups -OCH3 is 1. The minimum absolute atomic E-state index is 0.0139. The molecule has 162 valence electrons. The molecular formula is C22H21FN8O. The van der Waals surface area contributed by atoms with Gasteiger partial charge < -0.3 is 16.3 Å². The lowest BCUT2D eigenvalue weighted by Crippen LogP contribution is -2.15. The first kappa shape index (κ1) is 22.5. The Morgan fingerprint density at radius 3 is 2.66 bits per heavy atom. The summed E-state index contributed by atoms with van der Waals surface area (Å²) < 4.78 is 19.8. The summed E-state index contributed by atoms with van der Waals surface area (Å²) in [4.78, 5) is 17.0. The van der Waals surface area contributed by atoms with Crippen molar-refractivity contribution in [2.45, 2.75) is 20.1 Å². The smallest absolute Gasteiger partial charge is 0.193 e. The van der Waals surface area contributed by atoms with Crippen LogP contribution in [0.25, 0.3) is 11.4 Å². The molecule has 0 saturated heterocycles. The number of rotatable bonds is 7. The maximum absolute atomic E-state index is 14.7. The van der Waals surface area contributed by atoms with Gasteiger partial charge in [0.15, 0.2) is 17.5 Å². The first-order chi connectivity index (χ1) is 15.5. The van der Waals surface area contributed by atoms with Crippen LogP contribution in [0.1, 0.15) is 28.2 Å². The Morgan fingerprint density at radius 2 is 1.94 bits per heavy atom. The lowest BCUT2D eigenvalue weighted by Gasteiger charge is -2.10. The van der Waals surface area contributed by atoms with E-state index in [1.54, 1.807) is 32.2 Å². The third-order valence-corrected chi connectivity index (χ3v) is 4.58. The van der Waals surface area contributed by atoms with E-state index >= 15 is 0 Å². The van der Waals surface area contributed by atoms with Gasteiger partial charge in [0, 0.05) is 12.7 Å². The normalized spacial score (nSPS) is 11.6. The van der Waals surface area contributed by atoms with Crippen molar-refractivity contribution >= 4 is 17.7 Å². The quantitative estimate of drug-likeness (QED) is 0.331. The summed E-state index contributed by atoms with van der Waals surface area (Å²) in [6, 6.07) is 12.7. The van der Waals surface area contributed by atoms with E-state index in [-0.39, 0.29) is 29.6 Å². The maximum atomic E-state index is 14.7. The predicted octanol–water partition coefficient (Wildman–Crippen LogP) is 2.52. The Kier molecular flexibility index (Phi) is 7.15. The van der Waals surface area contributed by atoms with Crippen LogP contribution in [0.4, 0.5) is 10.2 Å². The molecule has 32 heavy (non-hydrogen) atoms. The molecule has 10 heteroatoms. The second-order valence-corrected chi connectivity index (χ2v) is 6.72. The molecule has 0 spiro atoms. The summed E-state index contributed by atoms with van der Waals surface area (Å²) in [5.74, 6) is 4.41. The summed E-state index contributed by atoms with van der Waals surface area (Å²) in [6.07, 6.45) is 1.30. The van der Waals surface area contributed by atoms with Gasteiger partial charge in [-0.2, -0.15) is 10.4 Å². The number of benzene rings is 1. The maximum Gasteiger partial charge on any atom is 0.193 e. The molecule has 0 aliphatic rings. The van der Waals surface area contributed by atoms with Gasteiger partial charge in [-0.15, -0.1) is 0 Å². The van der Waals surface area contributed by atoms with E-state index in [0.29, 0.717) is 29.0 Å². The van der Waals surface area contributed by atoms with E-state index < -0.39 is 5.82 Å². The first-order valence-corrected chi connectivity index (χ1v) is 9.53. The lowest BCUT2D eigenvalue weighted by atomic mass is 10.0. The topological polar surface area (TPSA) is 148 Å². The highest BCUT2D eigenvalue weighted by molar-refractivity contribution is 6.37. The monoisotopic (exact) mass is 432 g/mol. The zero-order valence-corrected chi connectivity index (χ0v) is 17.6. The van der Waals surface area contributed by atoms with Gasteiger partial charge in [-0.25, -0.2) is 14.4 Å². The minimum Gasteiger partial charge on any atom is -0.381 e. The van der Waals surface area contributed by atoms with Gasteiger partial charge >= 0.3 is 0 Å². The number of pyridine rings is 1. The number of nitrogens with two attached hydrogens (primary N) is 2. The molecule has 0 unspecified atom stereocenters. The van der Waals surface area contributed by atoms with Crippen molar-refractivity contribution in [1.82, 2.24) is 15.0 Å². The van der Waals surface area contributed by atoms with Crippen LogP contribution in [-0.2, 0) is 17.9 Å². The van der Waals surface area contributed by atoms with E-state index in [2.05, 4.69) is 31.1 Å². The zero-order chi connectivity index (χ0) is 23.1. The van der Waals surface area contributed by atoms with Crippen LogP contribution >= 0.6 is 0 Å². The van der Waals surface area contributed by atoms with Gasteiger partial charge in [0.1, 0.15) is 11.4 Å². The summed E-state index contributed by atoms with van der Waals surface area (Å²) in [7, 11) is 1.59. The highest BCUT2D eigenvalue weighted by Crippen LogP contribution is 2.25. The molecule has 3 rings (SSSR count). The van der Waals surface area contributed by atoms with Crippen LogP contribution in [0.5, 0.6) is 0 Å². The molecule has 0 amide bonds. The van der Waals surface area contributed by atoms with Crippen molar-refractivity contribution in [3.63, 3.8) is 0 Å². The number of ether oxygens (including phenoxy) is 1. The summed E-state index contributed by atoms with van der Waals surface area (Å²) in [5, 5.41) is 12.9. The van der Waals surface area contributed by atoms with Gasteiger partial charge in [0.2, 0.25) is 0 Å². The number of hydrazone groups is 1. The number of aliphatic imine (C=N–C) groups is 1. The number of anilines is 1. The SMILES string of the molecule is COCc1cccc(CN=CC(=NN)c2nc(-c3cccc(C#N)c3C)nc(N)c2F)n1. The number of nitrogens with zero attached hydrogens (tertiary/aromatic N) is 6. The molecular weight excluding hydrogens is 411 g/mol. The predicted molar refractivity (Wildman–Crippen MR) is 119 cm³/mol. The molecule has 9 nitrogen and oxygen atoms in total. The van der Waals surface area contributed by atoms with Crippen LogP contribution < -0.4 is 11.6 Å². The second kappa shape index (κ2) is 10.2.